The molecule has 1 heterocycles. The van der Waals surface area contributed by atoms with E-state index < -0.39 is 39.9 Å². The van der Waals surface area contributed by atoms with Crippen LogP contribution in [0.2, 0.25) is 0 Å². The number of carboxylic acid groups (broad SMARTS) is 1. The summed E-state index contributed by atoms with van der Waals surface area (Å²) < 4.78 is 27.6. The molecule has 1 saturated heterocycles. The third kappa shape index (κ3) is 6.42. The maximum absolute atomic E-state index is 13.2. The van der Waals surface area contributed by atoms with Crippen LogP contribution in [0.25, 0.3) is 0 Å². The third-order valence-electron chi connectivity index (χ3n) is 5.69. The largest absolute Gasteiger partial charge is 0.481 e. The highest BCUT2D eigenvalue weighted by molar-refractivity contribution is 7.89. The second kappa shape index (κ2) is 11.3. The lowest BCUT2D eigenvalue weighted by Crippen LogP contribution is -2.54. The van der Waals surface area contributed by atoms with Gasteiger partial charge in [0, 0.05) is 19.5 Å². The van der Waals surface area contributed by atoms with E-state index in [4.69, 9.17) is 5.11 Å². The highest BCUT2D eigenvalue weighted by Crippen LogP contribution is 2.26. The summed E-state index contributed by atoms with van der Waals surface area (Å²) in [6.07, 6.45) is 0.804. The molecule has 3 rings (SSSR count). The summed E-state index contributed by atoms with van der Waals surface area (Å²) in [6, 6.07) is 13.6. The van der Waals surface area contributed by atoms with Gasteiger partial charge in [-0.05, 0) is 37.5 Å². The Morgan fingerprint density at radius 2 is 1.76 bits per heavy atom. The first-order valence-corrected chi connectivity index (χ1v) is 12.5. The standard InChI is InChI=1S/C24H29N3O6S/c1-17-9-11-19(12-10-17)34(32,33)27-15-5-8-21(27)24(31)26-20(16-18-6-3-2-4-7-18)23(30)25-14-13-22(28)29/h2-4,6-7,9-12,20-21H,5,8,13-16H2,1H3,(H,25,30)(H,26,31)(H,28,29)/t20?,21-/m0/s1. The lowest BCUT2D eigenvalue weighted by Gasteiger charge is -2.26. The highest BCUT2D eigenvalue weighted by Gasteiger charge is 2.40. The van der Waals surface area contributed by atoms with E-state index in [0.29, 0.717) is 12.8 Å². The van der Waals surface area contributed by atoms with Crippen LogP contribution in [0, 0.1) is 6.92 Å². The molecule has 9 nitrogen and oxygen atoms in total. The summed E-state index contributed by atoms with van der Waals surface area (Å²) >= 11 is 0. The van der Waals surface area contributed by atoms with Crippen LogP contribution in [-0.4, -0.2) is 60.8 Å². The molecule has 182 valence electrons. The smallest absolute Gasteiger partial charge is 0.305 e. The van der Waals surface area contributed by atoms with Crippen LogP contribution in [0.3, 0.4) is 0 Å². The van der Waals surface area contributed by atoms with E-state index in [0.717, 1.165) is 11.1 Å². The topological polar surface area (TPSA) is 133 Å². The Morgan fingerprint density at radius 1 is 1.09 bits per heavy atom. The molecule has 0 saturated carbocycles. The third-order valence-corrected chi connectivity index (χ3v) is 7.61. The van der Waals surface area contributed by atoms with Gasteiger partial charge in [-0.3, -0.25) is 14.4 Å². The Balaban J connectivity index is 1.76. The zero-order valence-corrected chi connectivity index (χ0v) is 19.8. The van der Waals surface area contributed by atoms with Crippen molar-refractivity contribution in [3.63, 3.8) is 0 Å². The lowest BCUT2D eigenvalue weighted by atomic mass is 10.0. The summed E-state index contributed by atoms with van der Waals surface area (Å²) in [5.41, 5.74) is 1.73. The summed E-state index contributed by atoms with van der Waals surface area (Å²) in [5.74, 6) is -2.13. The van der Waals surface area contributed by atoms with Crippen molar-refractivity contribution < 1.29 is 27.9 Å². The SMILES string of the molecule is Cc1ccc(S(=O)(=O)N2CCC[C@H]2C(=O)NC(Cc2ccccc2)C(=O)NCCC(=O)O)cc1. The zero-order chi connectivity index (χ0) is 24.7. The minimum Gasteiger partial charge on any atom is -0.481 e. The van der Waals surface area contributed by atoms with Crippen LogP contribution < -0.4 is 10.6 Å². The number of nitrogens with one attached hydrogen (secondary N) is 2. The molecule has 2 amide bonds. The molecule has 2 aromatic rings. The Labute approximate surface area is 199 Å². The van der Waals surface area contributed by atoms with Gasteiger partial charge in [0.2, 0.25) is 21.8 Å². The predicted molar refractivity (Wildman–Crippen MR) is 125 cm³/mol. The van der Waals surface area contributed by atoms with Gasteiger partial charge in [-0.25, -0.2) is 8.42 Å². The maximum atomic E-state index is 13.2. The van der Waals surface area contributed by atoms with Gasteiger partial charge < -0.3 is 15.7 Å². The normalized spacial score (nSPS) is 17.1. The number of amides is 2. The van der Waals surface area contributed by atoms with Crippen molar-refractivity contribution >= 4 is 27.8 Å². The monoisotopic (exact) mass is 487 g/mol. The van der Waals surface area contributed by atoms with Gasteiger partial charge in [-0.2, -0.15) is 4.31 Å². The van der Waals surface area contributed by atoms with E-state index in [1.54, 1.807) is 12.1 Å². The van der Waals surface area contributed by atoms with E-state index in [2.05, 4.69) is 10.6 Å². The quantitative estimate of drug-likeness (QED) is 0.465. The van der Waals surface area contributed by atoms with Crippen LogP contribution in [0.5, 0.6) is 0 Å². The van der Waals surface area contributed by atoms with Gasteiger partial charge in [-0.15, -0.1) is 0 Å². The Hall–Kier alpha value is -3.24. The van der Waals surface area contributed by atoms with Crippen molar-refractivity contribution in [3.8, 4) is 0 Å². The molecule has 3 N–H and O–H groups in total. The summed E-state index contributed by atoms with van der Waals surface area (Å²) in [4.78, 5) is 36.8. The van der Waals surface area contributed by atoms with E-state index in [1.165, 1.54) is 16.4 Å². The predicted octanol–water partition coefficient (Wildman–Crippen LogP) is 1.47. The number of carbonyl (C=O) groups excluding carboxylic acids is 2. The molecule has 2 atom stereocenters. The van der Waals surface area contributed by atoms with Gasteiger partial charge in [0.1, 0.15) is 12.1 Å². The van der Waals surface area contributed by atoms with E-state index in [1.807, 2.05) is 37.3 Å². The van der Waals surface area contributed by atoms with E-state index >= 15 is 0 Å². The van der Waals surface area contributed by atoms with Crippen molar-refractivity contribution in [2.75, 3.05) is 13.1 Å². The number of nitrogens with zero attached hydrogens (tertiary/aromatic N) is 1. The number of hydrogen-bond donors (Lipinski definition) is 3. The summed E-state index contributed by atoms with van der Waals surface area (Å²) in [5, 5.41) is 14.1. The number of rotatable bonds is 10. The summed E-state index contributed by atoms with van der Waals surface area (Å²) in [7, 11) is -3.88. The highest BCUT2D eigenvalue weighted by atomic mass is 32.2. The van der Waals surface area contributed by atoms with Gasteiger partial charge in [0.15, 0.2) is 0 Å². The van der Waals surface area contributed by atoms with Gasteiger partial charge in [0.05, 0.1) is 11.3 Å². The molecule has 1 aliphatic heterocycles. The van der Waals surface area contributed by atoms with Gasteiger partial charge in [0.25, 0.3) is 0 Å². The lowest BCUT2D eigenvalue weighted by molar-refractivity contribution is -0.137. The van der Waals surface area contributed by atoms with Crippen LogP contribution in [0.4, 0.5) is 0 Å². The van der Waals surface area contributed by atoms with Crippen molar-refractivity contribution in [3.05, 3.63) is 65.7 Å². The van der Waals surface area contributed by atoms with Crippen LogP contribution in [0.1, 0.15) is 30.4 Å². The zero-order valence-electron chi connectivity index (χ0n) is 18.9. The molecule has 0 spiro atoms. The van der Waals surface area contributed by atoms with Gasteiger partial charge in [-0.1, -0.05) is 48.0 Å². The number of carboxylic acids is 1. The van der Waals surface area contributed by atoms with Crippen molar-refractivity contribution in [1.82, 2.24) is 14.9 Å². The molecule has 34 heavy (non-hydrogen) atoms. The molecule has 0 aromatic heterocycles. The summed E-state index contributed by atoms with van der Waals surface area (Å²) in [6.45, 7) is 1.99. The fourth-order valence-electron chi connectivity index (χ4n) is 3.88. The first kappa shape index (κ1) is 25.4. The van der Waals surface area contributed by atoms with Crippen LogP contribution in [-0.2, 0) is 30.8 Å². The molecule has 10 heteroatoms. The Morgan fingerprint density at radius 3 is 2.41 bits per heavy atom. The second-order valence-electron chi connectivity index (χ2n) is 8.27. The molecule has 1 aliphatic rings. The van der Waals surface area contributed by atoms with Crippen molar-refractivity contribution in [2.24, 2.45) is 0 Å². The second-order valence-corrected chi connectivity index (χ2v) is 10.2. The van der Waals surface area contributed by atoms with E-state index in [9.17, 15) is 22.8 Å². The number of hydrogen-bond acceptors (Lipinski definition) is 5. The number of benzene rings is 2. The number of aliphatic carboxylic acids is 1. The van der Waals surface area contributed by atoms with Crippen molar-refractivity contribution in [2.45, 2.75) is 49.6 Å². The number of carbonyl (C=O) groups is 3. The number of aryl methyl sites for hydroxylation is 1. The minimum atomic E-state index is -3.88. The minimum absolute atomic E-state index is 0.0767. The molecule has 0 bridgehead atoms. The van der Waals surface area contributed by atoms with Crippen molar-refractivity contribution in [1.29, 1.82) is 0 Å². The first-order valence-electron chi connectivity index (χ1n) is 11.1. The maximum Gasteiger partial charge on any atom is 0.305 e. The fraction of sp³-hybridized carbons (Fsp3) is 0.375. The van der Waals surface area contributed by atoms with Crippen LogP contribution in [0.15, 0.2) is 59.5 Å². The first-order chi connectivity index (χ1) is 16.2. The Kier molecular flexibility index (Phi) is 8.41. The Bertz CT molecular complexity index is 1120. The molecular formula is C24H29N3O6S. The molecular weight excluding hydrogens is 458 g/mol. The average molecular weight is 488 g/mol. The molecule has 2 aromatic carbocycles. The van der Waals surface area contributed by atoms with Gasteiger partial charge >= 0.3 is 5.97 Å². The van der Waals surface area contributed by atoms with Crippen LogP contribution >= 0.6 is 0 Å². The van der Waals surface area contributed by atoms with E-state index in [-0.39, 0.29) is 30.8 Å². The fourth-order valence-corrected chi connectivity index (χ4v) is 5.53. The number of sulfonamides is 1. The molecule has 1 unspecified atom stereocenters. The molecule has 0 radical (unpaired) electrons. The average Bonchev–Trinajstić information content (AvgIpc) is 3.30. The molecule has 1 fully saturated rings. The molecule has 0 aliphatic carbocycles.